The molecule has 25 heavy (non-hydrogen) atoms. The van der Waals surface area contributed by atoms with Gasteiger partial charge in [0, 0.05) is 6.07 Å². The Bertz CT molecular complexity index is 874. The second kappa shape index (κ2) is 7.22. The Hall–Kier alpha value is -3.07. The minimum Gasteiger partial charge on any atom is -0.489 e. The molecule has 1 aliphatic rings. The lowest BCUT2D eigenvalue weighted by Gasteiger charge is -2.08. The number of carbonyl (C=O) groups is 1. The van der Waals surface area contributed by atoms with E-state index in [2.05, 4.69) is 6.58 Å². The van der Waals surface area contributed by atoms with Gasteiger partial charge in [0.15, 0.2) is 5.76 Å². The van der Waals surface area contributed by atoms with Crippen molar-refractivity contribution in [3.8, 4) is 11.5 Å². The zero-order valence-corrected chi connectivity index (χ0v) is 14.4. The first-order chi connectivity index (χ1) is 12.0. The smallest absolute Gasteiger partial charge is 0.232 e. The number of rotatable bonds is 5. The summed E-state index contributed by atoms with van der Waals surface area (Å²) >= 11 is 0. The van der Waals surface area contributed by atoms with Crippen LogP contribution in [0.3, 0.4) is 0 Å². The van der Waals surface area contributed by atoms with E-state index in [0.717, 1.165) is 16.7 Å². The SMILES string of the molecule is C=C(C)COc1cc(C)c2c(c1)O/C(=C\C=C\c1ccccc1)C2=O. The van der Waals surface area contributed by atoms with E-state index in [-0.39, 0.29) is 5.78 Å². The molecule has 0 saturated heterocycles. The molecule has 0 amide bonds. The van der Waals surface area contributed by atoms with Crippen LogP contribution in [0.25, 0.3) is 6.08 Å². The number of ether oxygens (including phenoxy) is 2. The van der Waals surface area contributed by atoms with E-state index in [0.29, 0.717) is 29.4 Å². The highest BCUT2D eigenvalue weighted by molar-refractivity contribution is 6.13. The van der Waals surface area contributed by atoms with Crippen LogP contribution < -0.4 is 9.47 Å². The molecule has 1 heterocycles. The van der Waals surface area contributed by atoms with Gasteiger partial charge in [-0.2, -0.15) is 0 Å². The molecule has 0 atom stereocenters. The molecule has 0 fully saturated rings. The summed E-state index contributed by atoms with van der Waals surface area (Å²) in [5.74, 6) is 1.44. The topological polar surface area (TPSA) is 35.5 Å². The molecule has 0 radical (unpaired) electrons. The number of Topliss-reactive ketones (excluding diaryl/α,β-unsaturated/α-hetero) is 1. The molecule has 2 aromatic rings. The summed E-state index contributed by atoms with van der Waals surface area (Å²) in [4.78, 5) is 12.6. The average Bonchev–Trinajstić information content (AvgIpc) is 2.90. The summed E-state index contributed by atoms with van der Waals surface area (Å²) in [5, 5.41) is 0. The monoisotopic (exact) mass is 332 g/mol. The Morgan fingerprint density at radius 2 is 2.00 bits per heavy atom. The van der Waals surface area contributed by atoms with Crippen LogP contribution in [0.15, 0.2) is 72.5 Å². The number of hydrogen-bond donors (Lipinski definition) is 0. The fraction of sp³-hybridized carbons (Fsp3) is 0.136. The van der Waals surface area contributed by atoms with Crippen LogP contribution in [0.4, 0.5) is 0 Å². The summed E-state index contributed by atoms with van der Waals surface area (Å²) in [6, 6.07) is 13.5. The van der Waals surface area contributed by atoms with E-state index < -0.39 is 0 Å². The maximum atomic E-state index is 12.6. The van der Waals surface area contributed by atoms with Gasteiger partial charge in [-0.25, -0.2) is 0 Å². The van der Waals surface area contributed by atoms with Crippen molar-refractivity contribution < 1.29 is 14.3 Å². The van der Waals surface area contributed by atoms with Crippen molar-refractivity contribution >= 4 is 11.9 Å². The van der Waals surface area contributed by atoms with Crippen molar-refractivity contribution in [1.82, 2.24) is 0 Å². The lowest BCUT2D eigenvalue weighted by molar-refractivity contribution is 0.101. The molecule has 3 nitrogen and oxygen atoms in total. The third-order valence-corrected chi connectivity index (χ3v) is 3.76. The minimum absolute atomic E-state index is 0.100. The molecule has 0 saturated carbocycles. The van der Waals surface area contributed by atoms with Gasteiger partial charge in [-0.1, -0.05) is 49.1 Å². The zero-order valence-electron chi connectivity index (χ0n) is 14.4. The minimum atomic E-state index is -0.100. The normalized spacial score (nSPS) is 14.6. The highest BCUT2D eigenvalue weighted by atomic mass is 16.5. The van der Waals surface area contributed by atoms with Crippen LogP contribution in [0, 0.1) is 6.92 Å². The predicted octanol–water partition coefficient (Wildman–Crippen LogP) is 5.12. The van der Waals surface area contributed by atoms with E-state index in [9.17, 15) is 4.79 Å². The van der Waals surface area contributed by atoms with Crippen molar-refractivity contribution in [2.75, 3.05) is 6.61 Å². The largest absolute Gasteiger partial charge is 0.489 e. The summed E-state index contributed by atoms with van der Waals surface area (Å²) in [6.45, 7) is 8.05. The van der Waals surface area contributed by atoms with Gasteiger partial charge in [-0.15, -0.1) is 0 Å². The Morgan fingerprint density at radius 3 is 2.72 bits per heavy atom. The summed E-state index contributed by atoms with van der Waals surface area (Å²) in [7, 11) is 0. The first-order valence-corrected chi connectivity index (χ1v) is 8.12. The number of hydrogen-bond acceptors (Lipinski definition) is 3. The van der Waals surface area contributed by atoms with Crippen molar-refractivity contribution in [1.29, 1.82) is 0 Å². The first kappa shape index (κ1) is 16.8. The molecule has 0 aromatic heterocycles. The third kappa shape index (κ3) is 3.89. The highest BCUT2D eigenvalue weighted by Gasteiger charge is 2.29. The molecule has 2 aromatic carbocycles. The number of ketones is 1. The molecular weight excluding hydrogens is 312 g/mol. The molecule has 3 rings (SSSR count). The fourth-order valence-electron chi connectivity index (χ4n) is 2.59. The van der Waals surface area contributed by atoms with Gasteiger partial charge in [0.1, 0.15) is 18.1 Å². The number of benzene rings is 2. The van der Waals surface area contributed by atoms with Crippen LogP contribution in [0.2, 0.25) is 0 Å². The van der Waals surface area contributed by atoms with E-state index in [1.54, 1.807) is 12.1 Å². The van der Waals surface area contributed by atoms with Gasteiger partial charge < -0.3 is 9.47 Å². The molecule has 126 valence electrons. The fourth-order valence-corrected chi connectivity index (χ4v) is 2.59. The number of fused-ring (bicyclic) bond motifs is 1. The van der Waals surface area contributed by atoms with Crippen LogP contribution in [-0.4, -0.2) is 12.4 Å². The lowest BCUT2D eigenvalue weighted by atomic mass is 10.0. The van der Waals surface area contributed by atoms with Crippen LogP contribution in [-0.2, 0) is 0 Å². The van der Waals surface area contributed by atoms with E-state index in [1.165, 1.54) is 0 Å². The summed E-state index contributed by atoms with van der Waals surface area (Å²) in [5.41, 5.74) is 3.44. The number of allylic oxidation sites excluding steroid dienone is 3. The molecule has 3 heteroatoms. The van der Waals surface area contributed by atoms with Crippen LogP contribution in [0.1, 0.15) is 28.4 Å². The Kier molecular flexibility index (Phi) is 4.85. The molecule has 0 spiro atoms. The van der Waals surface area contributed by atoms with Crippen LogP contribution >= 0.6 is 0 Å². The van der Waals surface area contributed by atoms with Gasteiger partial charge in [-0.05, 0) is 42.7 Å². The zero-order chi connectivity index (χ0) is 17.8. The average molecular weight is 332 g/mol. The van der Waals surface area contributed by atoms with E-state index in [4.69, 9.17) is 9.47 Å². The van der Waals surface area contributed by atoms with Gasteiger partial charge in [-0.3, -0.25) is 4.79 Å². The molecular formula is C22H20O3. The Morgan fingerprint density at radius 1 is 1.24 bits per heavy atom. The highest BCUT2D eigenvalue weighted by Crippen LogP contribution is 2.37. The second-order valence-corrected chi connectivity index (χ2v) is 6.09. The van der Waals surface area contributed by atoms with Crippen molar-refractivity contribution in [3.63, 3.8) is 0 Å². The van der Waals surface area contributed by atoms with Crippen molar-refractivity contribution in [3.05, 3.63) is 89.2 Å². The Labute approximate surface area is 147 Å². The third-order valence-electron chi connectivity index (χ3n) is 3.76. The molecule has 0 N–H and O–H groups in total. The van der Waals surface area contributed by atoms with Crippen LogP contribution in [0.5, 0.6) is 11.5 Å². The summed E-state index contributed by atoms with van der Waals surface area (Å²) < 4.78 is 11.4. The first-order valence-electron chi connectivity index (χ1n) is 8.12. The Balaban J connectivity index is 1.80. The maximum absolute atomic E-state index is 12.6. The second-order valence-electron chi connectivity index (χ2n) is 6.09. The van der Waals surface area contributed by atoms with Crippen molar-refractivity contribution in [2.24, 2.45) is 0 Å². The van der Waals surface area contributed by atoms with Gasteiger partial charge >= 0.3 is 0 Å². The molecule has 0 bridgehead atoms. The van der Waals surface area contributed by atoms with Gasteiger partial charge in [0.2, 0.25) is 5.78 Å². The van der Waals surface area contributed by atoms with Crippen molar-refractivity contribution in [2.45, 2.75) is 13.8 Å². The van der Waals surface area contributed by atoms with E-state index >= 15 is 0 Å². The summed E-state index contributed by atoms with van der Waals surface area (Å²) in [6.07, 6.45) is 5.45. The standard InChI is InChI=1S/C22H20O3/c1-15(2)14-24-18-12-16(3)21-20(13-18)25-19(22(21)23)11-7-10-17-8-5-4-6-9-17/h4-13H,1,14H2,2-3H3/b10-7+,19-11-. The quantitative estimate of drug-likeness (QED) is 0.563. The number of aryl methyl sites for hydroxylation is 1. The van der Waals surface area contributed by atoms with Gasteiger partial charge in [0.05, 0.1) is 5.56 Å². The number of carbonyl (C=O) groups excluding carboxylic acids is 1. The van der Waals surface area contributed by atoms with E-state index in [1.807, 2.05) is 62.4 Å². The lowest BCUT2D eigenvalue weighted by Crippen LogP contribution is -2.00. The molecule has 1 aliphatic heterocycles. The molecule has 0 unspecified atom stereocenters. The maximum Gasteiger partial charge on any atom is 0.232 e. The predicted molar refractivity (Wildman–Crippen MR) is 100 cm³/mol. The molecule has 0 aliphatic carbocycles. The van der Waals surface area contributed by atoms with Gasteiger partial charge in [0.25, 0.3) is 0 Å².